The lowest BCUT2D eigenvalue weighted by atomic mass is 10.2. The molecular weight excluding hydrogens is 310 g/mol. The lowest BCUT2D eigenvalue weighted by Gasteiger charge is -2.22. The molecule has 1 atom stereocenters. The van der Waals surface area contributed by atoms with Crippen molar-refractivity contribution in [1.82, 2.24) is 5.32 Å². The minimum Gasteiger partial charge on any atom is -0.459 e. The fourth-order valence-electron chi connectivity index (χ4n) is 1.46. The van der Waals surface area contributed by atoms with Crippen LogP contribution in [0.2, 0.25) is 0 Å². The van der Waals surface area contributed by atoms with Crippen LogP contribution in [0.3, 0.4) is 0 Å². The summed E-state index contributed by atoms with van der Waals surface area (Å²) in [7, 11) is 0. The molecule has 22 heavy (non-hydrogen) atoms. The van der Waals surface area contributed by atoms with Gasteiger partial charge >= 0.3 is 12.1 Å². The van der Waals surface area contributed by atoms with Crippen molar-refractivity contribution < 1.29 is 24.2 Å². The molecule has 0 bridgehead atoms. The first-order chi connectivity index (χ1) is 9.81. The van der Waals surface area contributed by atoms with E-state index >= 15 is 0 Å². The van der Waals surface area contributed by atoms with E-state index in [2.05, 4.69) is 5.32 Å². The third-order valence-electron chi connectivity index (χ3n) is 2.38. The lowest BCUT2D eigenvalue weighted by molar-refractivity contribution is -0.148. The van der Waals surface area contributed by atoms with Crippen molar-refractivity contribution in [3.63, 3.8) is 0 Å². The van der Waals surface area contributed by atoms with Crippen LogP contribution in [0, 0.1) is 0 Å². The average molecular weight is 332 g/mol. The Morgan fingerprint density at radius 3 is 2.32 bits per heavy atom. The first-order valence-corrected chi connectivity index (χ1v) is 6.63. The molecule has 1 aromatic rings. The van der Waals surface area contributed by atoms with Crippen LogP contribution in [0.1, 0.15) is 26.3 Å². The van der Waals surface area contributed by atoms with Gasteiger partial charge in [0.05, 0.1) is 6.61 Å². The van der Waals surface area contributed by atoms with Gasteiger partial charge in [0.15, 0.2) is 6.04 Å². The molecule has 0 saturated carbocycles. The van der Waals surface area contributed by atoms with E-state index in [1.165, 1.54) is 0 Å². The van der Waals surface area contributed by atoms with Gasteiger partial charge in [0.2, 0.25) is 0 Å². The van der Waals surface area contributed by atoms with Gasteiger partial charge in [-0.25, -0.2) is 9.59 Å². The quantitative estimate of drug-likeness (QED) is 0.806. The van der Waals surface area contributed by atoms with Crippen LogP contribution in [0.15, 0.2) is 30.3 Å². The Hall–Kier alpha value is -1.79. The Bertz CT molecular complexity index is 473. The number of halogens is 1. The minimum atomic E-state index is -1.15. The Labute approximate surface area is 136 Å². The second-order valence-corrected chi connectivity index (χ2v) is 5.47. The molecular formula is C15H22ClNO5. The van der Waals surface area contributed by atoms with Gasteiger partial charge in [-0.05, 0) is 26.3 Å². The Morgan fingerprint density at radius 2 is 1.82 bits per heavy atom. The Balaban J connectivity index is 0.00000441. The van der Waals surface area contributed by atoms with Crippen LogP contribution >= 0.6 is 12.4 Å². The normalized spacial score (nSPS) is 11.8. The number of aliphatic hydroxyl groups is 1. The lowest BCUT2D eigenvalue weighted by Crippen LogP contribution is -2.46. The zero-order valence-electron chi connectivity index (χ0n) is 12.9. The molecule has 6 nitrogen and oxygen atoms in total. The van der Waals surface area contributed by atoms with Gasteiger partial charge in [0.1, 0.15) is 12.2 Å². The van der Waals surface area contributed by atoms with E-state index < -0.39 is 30.3 Å². The smallest absolute Gasteiger partial charge is 0.408 e. The maximum atomic E-state index is 11.8. The summed E-state index contributed by atoms with van der Waals surface area (Å²) in [5, 5.41) is 11.4. The van der Waals surface area contributed by atoms with E-state index in [4.69, 9.17) is 14.6 Å². The number of alkyl carbamates (subject to hydrolysis) is 1. The fraction of sp³-hybridized carbons (Fsp3) is 0.467. The number of rotatable bonds is 5. The molecule has 0 spiro atoms. The summed E-state index contributed by atoms with van der Waals surface area (Å²) in [5.41, 5.74) is 0.137. The molecule has 0 aliphatic carbocycles. The molecule has 1 amide bonds. The van der Waals surface area contributed by atoms with Crippen LogP contribution in [-0.2, 0) is 20.9 Å². The number of hydrogen-bond acceptors (Lipinski definition) is 5. The summed E-state index contributed by atoms with van der Waals surface area (Å²) in [6, 6.07) is 7.97. The SMILES string of the molecule is CC(C)(C)OC(=O)NC(CO)C(=O)OCc1ccccc1.Cl. The maximum Gasteiger partial charge on any atom is 0.408 e. The molecule has 2 N–H and O–H groups in total. The predicted octanol–water partition coefficient (Wildman–Crippen LogP) is 2.04. The molecule has 1 aromatic carbocycles. The summed E-state index contributed by atoms with van der Waals surface area (Å²) in [6.07, 6.45) is -0.779. The molecule has 0 saturated heterocycles. The third-order valence-corrected chi connectivity index (χ3v) is 2.38. The van der Waals surface area contributed by atoms with Crippen molar-refractivity contribution in [2.45, 2.75) is 39.0 Å². The zero-order valence-corrected chi connectivity index (χ0v) is 13.7. The topological polar surface area (TPSA) is 84.9 Å². The summed E-state index contributed by atoms with van der Waals surface area (Å²) < 4.78 is 10.1. The van der Waals surface area contributed by atoms with Gasteiger partial charge in [-0.1, -0.05) is 30.3 Å². The maximum absolute atomic E-state index is 11.8. The molecule has 124 valence electrons. The van der Waals surface area contributed by atoms with Crippen molar-refractivity contribution >= 4 is 24.5 Å². The minimum absolute atomic E-state index is 0. The second-order valence-electron chi connectivity index (χ2n) is 5.47. The highest BCUT2D eigenvalue weighted by Gasteiger charge is 2.24. The highest BCUT2D eigenvalue weighted by molar-refractivity contribution is 5.85. The summed E-state index contributed by atoms with van der Waals surface area (Å²) in [5.74, 6) is -0.716. The standard InChI is InChI=1S/C15H21NO5.ClH/c1-15(2,3)21-14(19)16-12(9-17)13(18)20-10-11-7-5-4-6-8-11;/h4-8,12,17H,9-10H2,1-3H3,(H,16,19);1H. The van der Waals surface area contributed by atoms with Crippen LogP contribution in [0.25, 0.3) is 0 Å². The molecule has 0 aliphatic heterocycles. The highest BCUT2D eigenvalue weighted by Crippen LogP contribution is 2.07. The van der Waals surface area contributed by atoms with Crippen molar-refractivity contribution in [2.75, 3.05) is 6.61 Å². The number of aliphatic hydroxyl groups excluding tert-OH is 1. The van der Waals surface area contributed by atoms with Gasteiger partial charge in [0, 0.05) is 0 Å². The molecule has 0 aromatic heterocycles. The van der Waals surface area contributed by atoms with Crippen LogP contribution < -0.4 is 5.32 Å². The Kier molecular flexibility index (Phi) is 8.52. The second kappa shape index (κ2) is 9.27. The first-order valence-electron chi connectivity index (χ1n) is 6.63. The van der Waals surface area contributed by atoms with Crippen LogP contribution in [0.5, 0.6) is 0 Å². The van der Waals surface area contributed by atoms with Gasteiger partial charge in [-0.15, -0.1) is 12.4 Å². The number of amides is 1. The monoisotopic (exact) mass is 331 g/mol. The average Bonchev–Trinajstić information content (AvgIpc) is 2.41. The molecule has 1 rings (SSSR count). The van der Waals surface area contributed by atoms with E-state index in [0.717, 1.165) is 5.56 Å². The number of benzene rings is 1. The molecule has 0 radical (unpaired) electrons. The number of nitrogens with one attached hydrogen (secondary N) is 1. The van der Waals surface area contributed by atoms with E-state index in [1.807, 2.05) is 30.3 Å². The fourth-order valence-corrected chi connectivity index (χ4v) is 1.46. The third kappa shape index (κ3) is 7.85. The molecule has 0 aliphatic rings. The van der Waals surface area contributed by atoms with Crippen molar-refractivity contribution in [3.05, 3.63) is 35.9 Å². The van der Waals surface area contributed by atoms with E-state index in [1.54, 1.807) is 20.8 Å². The van der Waals surface area contributed by atoms with Crippen molar-refractivity contribution in [3.8, 4) is 0 Å². The number of carbonyl (C=O) groups is 2. The number of carbonyl (C=O) groups excluding carboxylic acids is 2. The zero-order chi connectivity index (χ0) is 15.9. The number of esters is 1. The summed E-state index contributed by atoms with van der Waals surface area (Å²) in [4.78, 5) is 23.4. The highest BCUT2D eigenvalue weighted by atomic mass is 35.5. The Morgan fingerprint density at radius 1 is 1.23 bits per heavy atom. The van der Waals surface area contributed by atoms with Crippen molar-refractivity contribution in [1.29, 1.82) is 0 Å². The molecule has 7 heteroatoms. The first kappa shape index (κ1) is 20.2. The predicted molar refractivity (Wildman–Crippen MR) is 83.7 cm³/mol. The summed E-state index contributed by atoms with van der Waals surface area (Å²) in [6.45, 7) is 4.62. The van der Waals surface area contributed by atoms with Crippen LogP contribution in [-0.4, -0.2) is 35.4 Å². The van der Waals surface area contributed by atoms with Gasteiger partial charge in [-0.2, -0.15) is 0 Å². The molecule has 0 fully saturated rings. The molecule has 1 unspecified atom stereocenters. The number of ether oxygens (including phenoxy) is 2. The van der Waals surface area contributed by atoms with E-state index in [-0.39, 0.29) is 19.0 Å². The van der Waals surface area contributed by atoms with Gasteiger partial charge in [-0.3, -0.25) is 0 Å². The van der Waals surface area contributed by atoms with Gasteiger partial charge < -0.3 is 19.9 Å². The number of hydrogen-bond donors (Lipinski definition) is 2. The van der Waals surface area contributed by atoms with E-state index in [9.17, 15) is 9.59 Å². The largest absolute Gasteiger partial charge is 0.459 e. The molecule has 0 heterocycles. The van der Waals surface area contributed by atoms with E-state index in [0.29, 0.717) is 0 Å². The van der Waals surface area contributed by atoms with Crippen molar-refractivity contribution in [2.24, 2.45) is 0 Å². The summed E-state index contributed by atoms with van der Waals surface area (Å²) >= 11 is 0. The van der Waals surface area contributed by atoms with Crippen LogP contribution in [0.4, 0.5) is 4.79 Å². The van der Waals surface area contributed by atoms with Gasteiger partial charge in [0.25, 0.3) is 0 Å².